The van der Waals surface area contributed by atoms with Gasteiger partial charge in [0, 0.05) is 6.20 Å². The van der Waals surface area contributed by atoms with E-state index in [1.807, 2.05) is 6.07 Å². The zero-order valence-corrected chi connectivity index (χ0v) is 12.5. The SMILES string of the molecule is Cc1ccc2nc(Nc3ncncc3I)sc2c1. The molecule has 0 spiro atoms. The van der Waals surface area contributed by atoms with E-state index in [1.54, 1.807) is 17.5 Å². The molecule has 0 amide bonds. The van der Waals surface area contributed by atoms with Crippen molar-refractivity contribution in [1.82, 2.24) is 15.0 Å². The summed E-state index contributed by atoms with van der Waals surface area (Å²) in [5.74, 6) is 0.793. The Balaban J connectivity index is 1.98. The third-order valence-electron chi connectivity index (χ3n) is 2.44. The lowest BCUT2D eigenvalue weighted by Crippen LogP contribution is -1.95. The lowest BCUT2D eigenvalue weighted by Gasteiger charge is -2.01. The molecule has 1 N–H and O–H groups in total. The third-order valence-corrected chi connectivity index (χ3v) is 4.16. The van der Waals surface area contributed by atoms with Crippen molar-refractivity contribution in [2.75, 3.05) is 5.32 Å². The molecule has 1 aromatic carbocycles. The molecule has 90 valence electrons. The molecule has 0 aliphatic rings. The maximum absolute atomic E-state index is 4.53. The second kappa shape index (κ2) is 4.77. The number of benzene rings is 1. The lowest BCUT2D eigenvalue weighted by molar-refractivity contribution is 1.15. The van der Waals surface area contributed by atoms with Crippen LogP contribution in [0.5, 0.6) is 0 Å². The Kier molecular flexibility index (Phi) is 3.13. The maximum Gasteiger partial charge on any atom is 0.189 e. The molecule has 6 heteroatoms. The second-order valence-corrected chi connectivity index (χ2v) is 6.03. The molecule has 0 aliphatic carbocycles. The summed E-state index contributed by atoms with van der Waals surface area (Å²) in [6.45, 7) is 2.08. The predicted molar refractivity (Wildman–Crippen MR) is 82.4 cm³/mol. The number of hydrogen-bond donors (Lipinski definition) is 1. The highest BCUT2D eigenvalue weighted by molar-refractivity contribution is 14.1. The average Bonchev–Trinajstić information content (AvgIpc) is 2.73. The van der Waals surface area contributed by atoms with Gasteiger partial charge in [0.2, 0.25) is 0 Å². The molecule has 0 radical (unpaired) electrons. The molecule has 0 bridgehead atoms. The van der Waals surface area contributed by atoms with E-state index in [9.17, 15) is 0 Å². The molecule has 0 aliphatic heterocycles. The van der Waals surface area contributed by atoms with Crippen molar-refractivity contribution in [2.24, 2.45) is 0 Å². The predicted octanol–water partition coefficient (Wildman–Crippen LogP) is 3.74. The van der Waals surface area contributed by atoms with Crippen molar-refractivity contribution in [2.45, 2.75) is 6.92 Å². The molecule has 3 aromatic rings. The first-order valence-electron chi connectivity index (χ1n) is 5.32. The van der Waals surface area contributed by atoms with E-state index >= 15 is 0 Å². The quantitative estimate of drug-likeness (QED) is 0.701. The Morgan fingerprint density at radius 2 is 2.22 bits per heavy atom. The molecule has 0 unspecified atom stereocenters. The third kappa shape index (κ3) is 2.30. The van der Waals surface area contributed by atoms with Gasteiger partial charge in [0.15, 0.2) is 5.13 Å². The number of thiazole rings is 1. The van der Waals surface area contributed by atoms with E-state index in [2.05, 4.69) is 61.9 Å². The molecule has 3 rings (SSSR count). The zero-order chi connectivity index (χ0) is 12.5. The number of aromatic nitrogens is 3. The van der Waals surface area contributed by atoms with Crippen LogP contribution in [0.3, 0.4) is 0 Å². The summed E-state index contributed by atoms with van der Waals surface area (Å²) in [5.41, 5.74) is 2.26. The van der Waals surface area contributed by atoms with Crippen LogP contribution in [-0.4, -0.2) is 15.0 Å². The fourth-order valence-corrected chi connectivity index (χ4v) is 2.99. The zero-order valence-electron chi connectivity index (χ0n) is 9.51. The minimum absolute atomic E-state index is 0.793. The van der Waals surface area contributed by atoms with Crippen LogP contribution in [0.25, 0.3) is 10.2 Å². The standard InChI is InChI=1S/C12H9IN4S/c1-7-2-3-9-10(4-7)18-12(16-9)17-11-8(13)5-14-6-15-11/h2-6H,1H3,(H,14,15,16,17). The van der Waals surface area contributed by atoms with Crippen molar-refractivity contribution >= 4 is 55.1 Å². The van der Waals surface area contributed by atoms with Gasteiger partial charge in [-0.15, -0.1) is 0 Å². The largest absolute Gasteiger partial charge is 0.315 e. The number of anilines is 2. The molecule has 2 aromatic heterocycles. The Bertz CT molecular complexity index is 710. The summed E-state index contributed by atoms with van der Waals surface area (Å²) in [7, 11) is 0. The van der Waals surface area contributed by atoms with Crippen LogP contribution >= 0.6 is 33.9 Å². The summed E-state index contributed by atoms with van der Waals surface area (Å²) >= 11 is 3.83. The normalized spacial score (nSPS) is 10.8. The monoisotopic (exact) mass is 368 g/mol. The summed E-state index contributed by atoms with van der Waals surface area (Å²) < 4.78 is 2.16. The van der Waals surface area contributed by atoms with Crippen molar-refractivity contribution in [3.05, 3.63) is 39.9 Å². The minimum atomic E-state index is 0.793. The Morgan fingerprint density at radius 1 is 1.33 bits per heavy atom. The molecule has 18 heavy (non-hydrogen) atoms. The van der Waals surface area contributed by atoms with Crippen LogP contribution in [0.1, 0.15) is 5.56 Å². The summed E-state index contributed by atoms with van der Waals surface area (Å²) in [4.78, 5) is 12.7. The van der Waals surface area contributed by atoms with E-state index < -0.39 is 0 Å². The second-order valence-electron chi connectivity index (χ2n) is 3.83. The van der Waals surface area contributed by atoms with Crippen LogP contribution in [-0.2, 0) is 0 Å². The fourth-order valence-electron chi connectivity index (χ4n) is 1.59. The number of nitrogens with one attached hydrogen (secondary N) is 1. The van der Waals surface area contributed by atoms with Gasteiger partial charge < -0.3 is 5.32 Å². The Hall–Kier alpha value is -1.28. The van der Waals surface area contributed by atoms with Gasteiger partial charge in [-0.05, 0) is 47.2 Å². The maximum atomic E-state index is 4.53. The van der Waals surface area contributed by atoms with Crippen molar-refractivity contribution in [3.63, 3.8) is 0 Å². The first-order valence-corrected chi connectivity index (χ1v) is 7.21. The van der Waals surface area contributed by atoms with Gasteiger partial charge in [-0.25, -0.2) is 15.0 Å². The van der Waals surface area contributed by atoms with Crippen LogP contribution in [0, 0.1) is 10.5 Å². The number of aryl methyl sites for hydroxylation is 1. The number of nitrogens with zero attached hydrogens (tertiary/aromatic N) is 3. The van der Waals surface area contributed by atoms with Crippen LogP contribution in [0.2, 0.25) is 0 Å². The number of halogens is 1. The number of rotatable bonds is 2. The molecular formula is C12H9IN4S. The molecule has 0 atom stereocenters. The Morgan fingerprint density at radius 3 is 3.06 bits per heavy atom. The van der Waals surface area contributed by atoms with Gasteiger partial charge in [0.1, 0.15) is 12.1 Å². The van der Waals surface area contributed by atoms with Crippen LogP contribution in [0.4, 0.5) is 10.9 Å². The van der Waals surface area contributed by atoms with E-state index in [4.69, 9.17) is 0 Å². The summed E-state index contributed by atoms with van der Waals surface area (Å²) in [5, 5.41) is 4.08. The van der Waals surface area contributed by atoms with Gasteiger partial charge in [0.05, 0.1) is 13.8 Å². The van der Waals surface area contributed by atoms with Crippen LogP contribution < -0.4 is 5.32 Å². The lowest BCUT2D eigenvalue weighted by atomic mass is 10.2. The first-order chi connectivity index (χ1) is 8.72. The van der Waals surface area contributed by atoms with Crippen molar-refractivity contribution in [3.8, 4) is 0 Å². The van der Waals surface area contributed by atoms with Crippen molar-refractivity contribution < 1.29 is 0 Å². The molecule has 0 fully saturated rings. The van der Waals surface area contributed by atoms with E-state index in [1.165, 1.54) is 16.6 Å². The number of fused-ring (bicyclic) bond motifs is 1. The van der Waals surface area contributed by atoms with E-state index in [0.29, 0.717) is 0 Å². The highest BCUT2D eigenvalue weighted by atomic mass is 127. The first kappa shape index (κ1) is 11.8. The van der Waals surface area contributed by atoms with Crippen molar-refractivity contribution in [1.29, 1.82) is 0 Å². The summed E-state index contributed by atoms with van der Waals surface area (Å²) in [6, 6.07) is 6.25. The van der Waals surface area contributed by atoms with Gasteiger partial charge in [-0.2, -0.15) is 0 Å². The Labute approximate surface area is 122 Å². The molecular weight excluding hydrogens is 359 g/mol. The highest BCUT2D eigenvalue weighted by Crippen LogP contribution is 2.29. The van der Waals surface area contributed by atoms with Gasteiger partial charge >= 0.3 is 0 Å². The van der Waals surface area contributed by atoms with E-state index in [0.717, 1.165) is 20.0 Å². The summed E-state index contributed by atoms with van der Waals surface area (Å²) in [6.07, 6.45) is 3.30. The number of hydrogen-bond acceptors (Lipinski definition) is 5. The molecule has 2 heterocycles. The molecule has 4 nitrogen and oxygen atoms in total. The highest BCUT2D eigenvalue weighted by Gasteiger charge is 2.06. The topological polar surface area (TPSA) is 50.7 Å². The molecule has 0 saturated heterocycles. The van der Waals surface area contributed by atoms with Gasteiger partial charge in [-0.3, -0.25) is 0 Å². The fraction of sp³-hybridized carbons (Fsp3) is 0.0833. The smallest absolute Gasteiger partial charge is 0.189 e. The van der Waals surface area contributed by atoms with Gasteiger partial charge in [-0.1, -0.05) is 17.4 Å². The molecule has 0 saturated carbocycles. The van der Waals surface area contributed by atoms with E-state index in [-0.39, 0.29) is 0 Å². The van der Waals surface area contributed by atoms with Crippen LogP contribution in [0.15, 0.2) is 30.7 Å². The van der Waals surface area contributed by atoms with Gasteiger partial charge in [0.25, 0.3) is 0 Å². The minimum Gasteiger partial charge on any atom is -0.315 e. The average molecular weight is 368 g/mol.